The van der Waals surface area contributed by atoms with E-state index in [9.17, 15) is 14.4 Å². The number of carboxylic acids is 1. The summed E-state index contributed by atoms with van der Waals surface area (Å²) in [4.78, 5) is 41.3. The maximum Gasteiger partial charge on any atom is 0.305 e. The van der Waals surface area contributed by atoms with Gasteiger partial charge in [-0.2, -0.15) is 0 Å². The Bertz CT molecular complexity index is 749. The van der Waals surface area contributed by atoms with Gasteiger partial charge in [0.05, 0.1) is 6.42 Å². The molecule has 0 atom stereocenters. The molecule has 2 aromatic rings. The number of carbonyl (C=O) groups is 2. The first-order chi connectivity index (χ1) is 9.95. The van der Waals surface area contributed by atoms with Gasteiger partial charge in [-0.3, -0.25) is 18.8 Å². The van der Waals surface area contributed by atoms with Crippen LogP contribution in [0.15, 0.2) is 16.4 Å². The molecule has 1 N–H and O–H groups in total. The van der Waals surface area contributed by atoms with E-state index in [1.54, 1.807) is 19.2 Å². The minimum atomic E-state index is -0.986. The molecular weight excluding hydrogens is 294 g/mol. The molecule has 0 fully saturated rings. The lowest BCUT2D eigenvalue weighted by Gasteiger charge is -2.19. The molecule has 0 bridgehead atoms. The molecule has 0 aliphatic heterocycles. The molecule has 0 unspecified atom stereocenters. The van der Waals surface area contributed by atoms with Crippen molar-refractivity contribution in [3.05, 3.63) is 33.2 Å². The van der Waals surface area contributed by atoms with E-state index in [2.05, 4.69) is 4.98 Å². The molecule has 2 rings (SSSR count). The van der Waals surface area contributed by atoms with Crippen LogP contribution < -0.4 is 5.56 Å². The lowest BCUT2D eigenvalue weighted by Crippen LogP contribution is -2.37. The summed E-state index contributed by atoms with van der Waals surface area (Å²) in [7, 11) is 0. The Morgan fingerprint density at radius 2 is 2.19 bits per heavy atom. The van der Waals surface area contributed by atoms with E-state index < -0.39 is 17.4 Å². The maximum absolute atomic E-state index is 12.4. The number of carbonyl (C=O) groups excluding carboxylic acids is 1. The maximum atomic E-state index is 12.4. The molecule has 0 aliphatic carbocycles. The van der Waals surface area contributed by atoms with Gasteiger partial charge in [-0.05, 0) is 13.8 Å². The number of rotatable bonds is 5. The zero-order chi connectivity index (χ0) is 15.6. The zero-order valence-corrected chi connectivity index (χ0v) is 12.5. The molecule has 0 aromatic carbocycles. The summed E-state index contributed by atoms with van der Waals surface area (Å²) in [6.07, 6.45) is 1.10. The molecule has 0 saturated carbocycles. The highest BCUT2D eigenvalue weighted by Crippen LogP contribution is 2.11. The van der Waals surface area contributed by atoms with Crippen LogP contribution in [0.3, 0.4) is 0 Å². The molecule has 0 spiro atoms. The second-order valence-electron chi connectivity index (χ2n) is 4.50. The predicted octanol–water partition coefficient (Wildman–Crippen LogP) is 1.00. The number of nitrogens with zero attached hydrogens (tertiary/aromatic N) is 3. The Kier molecular flexibility index (Phi) is 4.37. The Hall–Kier alpha value is -2.22. The molecule has 2 heterocycles. The summed E-state index contributed by atoms with van der Waals surface area (Å²) in [5, 5.41) is 10.5. The van der Waals surface area contributed by atoms with Crippen LogP contribution in [0.2, 0.25) is 0 Å². The SMILES string of the molecule is CCN(CCC(=O)O)C(=O)c1cnc2scc(C)n2c1=O. The molecule has 7 nitrogen and oxygen atoms in total. The highest BCUT2D eigenvalue weighted by molar-refractivity contribution is 7.15. The molecule has 0 saturated heterocycles. The van der Waals surface area contributed by atoms with Crippen LogP contribution in [0.4, 0.5) is 0 Å². The molecule has 2 aromatic heterocycles. The number of carboxylic acid groups (broad SMARTS) is 1. The Morgan fingerprint density at radius 1 is 1.48 bits per heavy atom. The second kappa shape index (κ2) is 6.04. The summed E-state index contributed by atoms with van der Waals surface area (Å²) >= 11 is 1.33. The van der Waals surface area contributed by atoms with Crippen LogP contribution in [0.25, 0.3) is 4.96 Å². The normalized spacial score (nSPS) is 10.8. The van der Waals surface area contributed by atoms with Gasteiger partial charge in [0.1, 0.15) is 5.56 Å². The van der Waals surface area contributed by atoms with Crippen molar-refractivity contribution in [3.63, 3.8) is 0 Å². The largest absolute Gasteiger partial charge is 0.481 e. The fraction of sp³-hybridized carbons (Fsp3) is 0.385. The number of aryl methyl sites for hydroxylation is 1. The highest BCUT2D eigenvalue weighted by Gasteiger charge is 2.20. The second-order valence-corrected chi connectivity index (χ2v) is 5.34. The van der Waals surface area contributed by atoms with E-state index >= 15 is 0 Å². The minimum Gasteiger partial charge on any atom is -0.481 e. The Labute approximate surface area is 124 Å². The average Bonchev–Trinajstić information content (AvgIpc) is 2.81. The summed E-state index contributed by atoms with van der Waals surface area (Å²) < 4.78 is 1.39. The fourth-order valence-corrected chi connectivity index (χ4v) is 2.80. The van der Waals surface area contributed by atoms with Crippen molar-refractivity contribution in [3.8, 4) is 0 Å². The first kappa shape index (κ1) is 15.2. The van der Waals surface area contributed by atoms with Crippen molar-refractivity contribution >= 4 is 28.2 Å². The highest BCUT2D eigenvalue weighted by atomic mass is 32.1. The predicted molar refractivity (Wildman–Crippen MR) is 77.9 cm³/mol. The van der Waals surface area contributed by atoms with Crippen LogP contribution in [0.1, 0.15) is 29.4 Å². The van der Waals surface area contributed by atoms with Gasteiger partial charge in [0.2, 0.25) is 0 Å². The van der Waals surface area contributed by atoms with Gasteiger partial charge in [0.15, 0.2) is 4.96 Å². The van der Waals surface area contributed by atoms with Gasteiger partial charge in [0.25, 0.3) is 11.5 Å². The van der Waals surface area contributed by atoms with Crippen LogP contribution in [-0.2, 0) is 4.79 Å². The molecular formula is C13H15N3O4S. The number of amides is 1. The third kappa shape index (κ3) is 2.94. The van der Waals surface area contributed by atoms with E-state index in [0.717, 1.165) is 5.69 Å². The van der Waals surface area contributed by atoms with Crippen LogP contribution in [0.5, 0.6) is 0 Å². The van der Waals surface area contributed by atoms with Crippen molar-refractivity contribution in [1.82, 2.24) is 14.3 Å². The Morgan fingerprint density at radius 3 is 2.81 bits per heavy atom. The molecule has 112 valence electrons. The van der Waals surface area contributed by atoms with Crippen molar-refractivity contribution in [2.24, 2.45) is 0 Å². The van der Waals surface area contributed by atoms with Gasteiger partial charge in [-0.15, -0.1) is 11.3 Å². The quantitative estimate of drug-likeness (QED) is 0.889. The van der Waals surface area contributed by atoms with Crippen LogP contribution >= 0.6 is 11.3 Å². The van der Waals surface area contributed by atoms with Gasteiger partial charge in [-0.25, -0.2) is 4.98 Å². The zero-order valence-electron chi connectivity index (χ0n) is 11.7. The third-order valence-corrected chi connectivity index (χ3v) is 4.07. The van der Waals surface area contributed by atoms with E-state index in [1.807, 2.05) is 0 Å². The molecule has 1 amide bonds. The summed E-state index contributed by atoms with van der Waals surface area (Å²) in [5.74, 6) is -1.48. The first-order valence-corrected chi connectivity index (χ1v) is 7.30. The third-order valence-electron chi connectivity index (χ3n) is 3.11. The van der Waals surface area contributed by atoms with Crippen molar-refractivity contribution in [2.45, 2.75) is 20.3 Å². The lowest BCUT2D eigenvalue weighted by atomic mass is 10.2. The fourth-order valence-electron chi connectivity index (χ4n) is 1.98. The minimum absolute atomic E-state index is 0.0405. The molecule has 0 radical (unpaired) electrons. The van der Waals surface area contributed by atoms with Gasteiger partial charge >= 0.3 is 5.97 Å². The summed E-state index contributed by atoms with van der Waals surface area (Å²) in [5.41, 5.74) is 0.259. The molecule has 0 aliphatic rings. The monoisotopic (exact) mass is 309 g/mol. The topological polar surface area (TPSA) is 92.0 Å². The molecule has 21 heavy (non-hydrogen) atoms. The number of thiazole rings is 1. The summed E-state index contributed by atoms with van der Waals surface area (Å²) in [6, 6.07) is 0. The van der Waals surface area contributed by atoms with Gasteiger partial charge < -0.3 is 10.0 Å². The standard InChI is InChI=1S/C13H15N3O4S/c1-3-15(5-4-10(17)18)11(19)9-6-14-13-16(12(9)20)8(2)7-21-13/h6-7H,3-5H2,1-2H3,(H,17,18). The van der Waals surface area contributed by atoms with Crippen LogP contribution in [-0.4, -0.2) is 44.4 Å². The number of hydrogen-bond acceptors (Lipinski definition) is 5. The smallest absolute Gasteiger partial charge is 0.305 e. The molecule has 8 heteroatoms. The van der Waals surface area contributed by atoms with Crippen molar-refractivity contribution in [1.29, 1.82) is 0 Å². The average molecular weight is 309 g/mol. The van der Waals surface area contributed by atoms with E-state index in [4.69, 9.17) is 5.11 Å². The van der Waals surface area contributed by atoms with E-state index in [0.29, 0.717) is 11.5 Å². The first-order valence-electron chi connectivity index (χ1n) is 6.42. The van der Waals surface area contributed by atoms with Crippen molar-refractivity contribution < 1.29 is 14.7 Å². The van der Waals surface area contributed by atoms with E-state index in [1.165, 1.54) is 26.8 Å². The van der Waals surface area contributed by atoms with Crippen LogP contribution in [0, 0.1) is 6.92 Å². The lowest BCUT2D eigenvalue weighted by molar-refractivity contribution is -0.137. The Balaban J connectivity index is 2.38. The van der Waals surface area contributed by atoms with Gasteiger partial charge in [-0.1, -0.05) is 0 Å². The van der Waals surface area contributed by atoms with Crippen molar-refractivity contribution in [2.75, 3.05) is 13.1 Å². The number of hydrogen-bond donors (Lipinski definition) is 1. The number of aliphatic carboxylic acids is 1. The van der Waals surface area contributed by atoms with E-state index in [-0.39, 0.29) is 18.5 Å². The number of fused-ring (bicyclic) bond motifs is 1. The summed E-state index contributed by atoms with van der Waals surface area (Å²) in [6.45, 7) is 3.90. The number of aromatic nitrogens is 2. The van der Waals surface area contributed by atoms with Gasteiger partial charge in [0, 0.05) is 30.4 Å².